The number of aliphatic imine (C=N–C) groups is 1. The number of nitrogens with one attached hydrogen (secondary N) is 2. The Balaban J connectivity index is 0.00000225. The van der Waals surface area contributed by atoms with E-state index in [1.165, 1.54) is 29.5 Å². The predicted molar refractivity (Wildman–Crippen MR) is 117 cm³/mol. The third-order valence-electron chi connectivity index (χ3n) is 4.64. The van der Waals surface area contributed by atoms with Crippen LogP contribution in [-0.2, 0) is 0 Å². The molecule has 2 aromatic rings. The number of aliphatic hydroxyl groups excluding tert-OH is 1. The molecule has 0 spiro atoms. The topological polar surface area (TPSA) is 59.9 Å². The average molecular weight is 474 g/mol. The molecular formula is C18H27IN4OS. The molecule has 5 nitrogen and oxygen atoms in total. The van der Waals surface area contributed by atoms with Gasteiger partial charge in [-0.25, -0.2) is 0 Å². The molecule has 0 amide bonds. The molecule has 2 unspecified atom stereocenters. The largest absolute Gasteiger partial charge is 0.386 e. The number of halogens is 1. The minimum Gasteiger partial charge on any atom is -0.386 e. The maximum Gasteiger partial charge on any atom is 0.191 e. The first kappa shape index (κ1) is 20.4. The molecule has 2 heterocycles. The molecule has 0 saturated carbocycles. The molecule has 1 aromatic heterocycles. The molecule has 0 radical (unpaired) electrons. The molecule has 1 aliphatic heterocycles. The summed E-state index contributed by atoms with van der Waals surface area (Å²) in [5.74, 6) is 0.746. The van der Waals surface area contributed by atoms with Crippen molar-refractivity contribution in [2.24, 2.45) is 4.99 Å². The molecule has 0 bridgehead atoms. The summed E-state index contributed by atoms with van der Waals surface area (Å²) in [5.41, 5.74) is 0. The third kappa shape index (κ3) is 5.29. The Labute approximate surface area is 170 Å². The van der Waals surface area contributed by atoms with Crippen LogP contribution in [0.1, 0.15) is 23.8 Å². The summed E-state index contributed by atoms with van der Waals surface area (Å²) in [6, 6.07) is 10.8. The van der Waals surface area contributed by atoms with Gasteiger partial charge in [0.2, 0.25) is 0 Å². The fraction of sp³-hybridized carbons (Fsp3) is 0.500. The second-order valence-electron chi connectivity index (χ2n) is 6.31. The van der Waals surface area contributed by atoms with E-state index in [0.29, 0.717) is 12.6 Å². The molecule has 25 heavy (non-hydrogen) atoms. The van der Waals surface area contributed by atoms with Crippen LogP contribution in [0.25, 0.3) is 10.1 Å². The maximum atomic E-state index is 10.4. The Hall–Kier alpha value is -0.900. The van der Waals surface area contributed by atoms with E-state index in [0.717, 1.165) is 17.4 Å². The van der Waals surface area contributed by atoms with E-state index in [2.05, 4.69) is 45.8 Å². The van der Waals surface area contributed by atoms with Crippen molar-refractivity contribution in [1.82, 2.24) is 15.5 Å². The quantitative estimate of drug-likeness (QED) is 0.355. The molecule has 1 fully saturated rings. The predicted octanol–water partition coefficient (Wildman–Crippen LogP) is 2.81. The fourth-order valence-electron chi connectivity index (χ4n) is 3.13. The number of nitrogens with zero attached hydrogens (tertiary/aromatic N) is 2. The lowest BCUT2D eigenvalue weighted by molar-refractivity contribution is 0.184. The molecule has 7 heteroatoms. The van der Waals surface area contributed by atoms with Gasteiger partial charge in [-0.15, -0.1) is 35.3 Å². The lowest BCUT2D eigenvalue weighted by Gasteiger charge is -2.21. The minimum absolute atomic E-state index is 0. The first-order chi connectivity index (χ1) is 11.7. The lowest BCUT2D eigenvalue weighted by atomic mass is 10.2. The van der Waals surface area contributed by atoms with E-state index in [1.54, 1.807) is 18.4 Å². The van der Waals surface area contributed by atoms with Gasteiger partial charge in [0.1, 0.15) is 6.10 Å². The number of guanidine groups is 1. The normalized spacial score (nSPS) is 19.6. The van der Waals surface area contributed by atoms with Crippen molar-refractivity contribution in [2.45, 2.75) is 25.0 Å². The molecule has 3 rings (SSSR count). The van der Waals surface area contributed by atoms with E-state index < -0.39 is 6.10 Å². The van der Waals surface area contributed by atoms with Gasteiger partial charge in [0.15, 0.2) is 5.96 Å². The minimum atomic E-state index is -0.532. The van der Waals surface area contributed by atoms with E-state index in [1.807, 2.05) is 12.1 Å². The molecule has 3 N–H and O–H groups in total. The number of likely N-dealkylation sites (N-methyl/N-ethyl adjacent to an activating group) is 1. The first-order valence-electron chi connectivity index (χ1n) is 8.48. The zero-order valence-corrected chi connectivity index (χ0v) is 17.9. The Morgan fingerprint density at radius 3 is 2.88 bits per heavy atom. The number of fused-ring (bicyclic) bond motifs is 1. The van der Waals surface area contributed by atoms with Crippen molar-refractivity contribution in [1.29, 1.82) is 0 Å². The number of hydrogen-bond donors (Lipinski definition) is 3. The number of thiophene rings is 1. The second kappa shape index (κ2) is 9.70. The van der Waals surface area contributed by atoms with Gasteiger partial charge in [0.05, 0.1) is 0 Å². The highest BCUT2D eigenvalue weighted by atomic mass is 127. The van der Waals surface area contributed by atoms with Crippen molar-refractivity contribution in [3.8, 4) is 0 Å². The van der Waals surface area contributed by atoms with Crippen LogP contribution in [0.2, 0.25) is 0 Å². The van der Waals surface area contributed by atoms with Gasteiger partial charge in [-0.1, -0.05) is 18.2 Å². The van der Waals surface area contributed by atoms with Gasteiger partial charge < -0.3 is 20.6 Å². The van der Waals surface area contributed by atoms with Crippen LogP contribution in [0.5, 0.6) is 0 Å². The van der Waals surface area contributed by atoms with E-state index in [9.17, 15) is 5.11 Å². The summed E-state index contributed by atoms with van der Waals surface area (Å²) in [5, 5.41) is 18.2. The van der Waals surface area contributed by atoms with Crippen molar-refractivity contribution >= 4 is 51.4 Å². The van der Waals surface area contributed by atoms with Crippen molar-refractivity contribution in [3.63, 3.8) is 0 Å². The van der Waals surface area contributed by atoms with E-state index in [-0.39, 0.29) is 24.0 Å². The van der Waals surface area contributed by atoms with Crippen LogP contribution >= 0.6 is 35.3 Å². The van der Waals surface area contributed by atoms with Gasteiger partial charge in [0, 0.05) is 35.8 Å². The summed E-state index contributed by atoms with van der Waals surface area (Å²) in [6.07, 6.45) is 1.96. The van der Waals surface area contributed by atoms with Crippen LogP contribution in [0, 0.1) is 0 Å². The zero-order valence-electron chi connectivity index (χ0n) is 14.7. The summed E-state index contributed by atoms with van der Waals surface area (Å²) in [4.78, 5) is 7.61. The zero-order chi connectivity index (χ0) is 16.9. The first-order valence-corrected chi connectivity index (χ1v) is 9.30. The Bertz CT molecular complexity index is 672. The highest BCUT2D eigenvalue weighted by molar-refractivity contribution is 14.0. The van der Waals surface area contributed by atoms with Gasteiger partial charge in [-0.2, -0.15) is 0 Å². The average Bonchev–Trinajstić information content (AvgIpc) is 3.20. The molecular weight excluding hydrogens is 447 g/mol. The molecule has 1 aromatic carbocycles. The van der Waals surface area contributed by atoms with Crippen molar-refractivity contribution < 1.29 is 5.11 Å². The highest BCUT2D eigenvalue weighted by Gasteiger charge is 2.20. The number of aliphatic hydroxyl groups is 1. The SMILES string of the molecule is CN=C(NCC(O)c1cc2ccccc2s1)NCC1CCCN1C.I. The molecule has 0 aliphatic carbocycles. The van der Waals surface area contributed by atoms with Crippen LogP contribution in [0.3, 0.4) is 0 Å². The Morgan fingerprint density at radius 1 is 1.40 bits per heavy atom. The summed E-state index contributed by atoms with van der Waals surface area (Å²) >= 11 is 1.64. The summed E-state index contributed by atoms with van der Waals surface area (Å²) < 4.78 is 1.21. The Morgan fingerprint density at radius 2 is 2.20 bits per heavy atom. The van der Waals surface area contributed by atoms with Crippen LogP contribution in [-0.4, -0.2) is 55.7 Å². The monoisotopic (exact) mass is 474 g/mol. The van der Waals surface area contributed by atoms with Crippen LogP contribution in [0.15, 0.2) is 35.3 Å². The molecule has 1 aliphatic rings. The summed E-state index contributed by atoms with van der Waals surface area (Å²) in [6.45, 7) is 2.51. The number of benzene rings is 1. The van der Waals surface area contributed by atoms with Gasteiger partial charge in [-0.05, 0) is 44.0 Å². The van der Waals surface area contributed by atoms with Crippen molar-refractivity contribution in [2.75, 3.05) is 33.7 Å². The fourth-order valence-corrected chi connectivity index (χ4v) is 4.18. The second-order valence-corrected chi connectivity index (χ2v) is 7.43. The highest BCUT2D eigenvalue weighted by Crippen LogP contribution is 2.29. The van der Waals surface area contributed by atoms with Crippen LogP contribution < -0.4 is 10.6 Å². The van der Waals surface area contributed by atoms with E-state index >= 15 is 0 Å². The van der Waals surface area contributed by atoms with Gasteiger partial charge in [0.25, 0.3) is 0 Å². The molecule has 138 valence electrons. The molecule has 1 saturated heterocycles. The van der Waals surface area contributed by atoms with Crippen LogP contribution in [0.4, 0.5) is 0 Å². The number of rotatable bonds is 5. The standard InChI is InChI=1S/C18H26N4OS.HI/c1-19-18(20-11-14-7-5-9-22(14)2)21-12-15(23)17-10-13-6-3-4-8-16(13)24-17;/h3-4,6,8,10,14-15,23H,5,7,9,11-12H2,1-2H3,(H2,19,20,21);1H. The lowest BCUT2D eigenvalue weighted by Crippen LogP contribution is -2.44. The third-order valence-corrected chi connectivity index (χ3v) is 5.85. The number of hydrogen-bond acceptors (Lipinski definition) is 4. The van der Waals surface area contributed by atoms with Gasteiger partial charge in [-0.3, -0.25) is 4.99 Å². The van der Waals surface area contributed by atoms with Crippen molar-refractivity contribution in [3.05, 3.63) is 35.2 Å². The smallest absolute Gasteiger partial charge is 0.191 e. The van der Waals surface area contributed by atoms with E-state index in [4.69, 9.17) is 0 Å². The van der Waals surface area contributed by atoms with Gasteiger partial charge >= 0.3 is 0 Å². The maximum absolute atomic E-state index is 10.4. The molecule has 2 atom stereocenters. The Kier molecular flexibility index (Phi) is 7.92. The number of likely N-dealkylation sites (tertiary alicyclic amines) is 1. The summed E-state index contributed by atoms with van der Waals surface area (Å²) in [7, 11) is 3.93.